The number of ether oxygens (including phenoxy) is 2. The van der Waals surface area contributed by atoms with Crippen molar-refractivity contribution in [2.75, 3.05) is 14.2 Å². The first-order valence-corrected chi connectivity index (χ1v) is 4.48. The Morgan fingerprint density at radius 2 is 1.80 bits per heavy atom. The highest BCUT2D eigenvalue weighted by molar-refractivity contribution is 5.45. The third-order valence-corrected chi connectivity index (χ3v) is 2.06. The van der Waals surface area contributed by atoms with Crippen molar-refractivity contribution in [3.63, 3.8) is 0 Å². The molecule has 0 bridgehead atoms. The van der Waals surface area contributed by atoms with Crippen LogP contribution in [0.15, 0.2) is 30.5 Å². The summed E-state index contributed by atoms with van der Waals surface area (Å²) in [5.41, 5.74) is 0.882. The fourth-order valence-corrected chi connectivity index (χ4v) is 1.30. The van der Waals surface area contributed by atoms with Crippen molar-refractivity contribution in [1.29, 1.82) is 0 Å². The molecular formula is C11H11N2O2. The predicted octanol–water partition coefficient (Wildman–Crippen LogP) is 1.69. The zero-order valence-corrected chi connectivity index (χ0v) is 8.60. The van der Waals surface area contributed by atoms with E-state index in [-0.39, 0.29) is 0 Å². The molecule has 0 atom stereocenters. The highest BCUT2D eigenvalue weighted by Crippen LogP contribution is 2.24. The largest absolute Gasteiger partial charge is 0.497 e. The predicted molar refractivity (Wildman–Crippen MR) is 55.5 cm³/mol. The minimum atomic E-state index is 0.736. The average molecular weight is 203 g/mol. The smallest absolute Gasteiger partial charge is 0.124 e. The van der Waals surface area contributed by atoms with E-state index < -0.39 is 0 Å². The molecule has 0 aliphatic carbocycles. The second kappa shape index (κ2) is 4.04. The van der Waals surface area contributed by atoms with E-state index in [2.05, 4.69) is 11.3 Å². The Hall–Kier alpha value is -1.97. The molecular weight excluding hydrogens is 192 g/mol. The van der Waals surface area contributed by atoms with Crippen LogP contribution in [0.3, 0.4) is 0 Å². The van der Waals surface area contributed by atoms with E-state index in [1.54, 1.807) is 25.0 Å². The Labute approximate surface area is 88.1 Å². The van der Waals surface area contributed by atoms with Crippen LogP contribution < -0.4 is 9.47 Å². The van der Waals surface area contributed by atoms with Crippen molar-refractivity contribution < 1.29 is 9.47 Å². The number of nitrogens with zero attached hydrogens (tertiary/aromatic N) is 2. The number of aromatic nitrogens is 2. The van der Waals surface area contributed by atoms with E-state index in [1.807, 2.05) is 24.4 Å². The summed E-state index contributed by atoms with van der Waals surface area (Å²) in [5.74, 6) is 1.47. The quantitative estimate of drug-likeness (QED) is 0.761. The average Bonchev–Trinajstić information content (AvgIpc) is 2.81. The highest BCUT2D eigenvalue weighted by atomic mass is 16.5. The Bertz CT molecular complexity index is 416. The van der Waals surface area contributed by atoms with E-state index in [1.165, 1.54) is 0 Å². The first-order valence-electron chi connectivity index (χ1n) is 4.48. The Balaban J connectivity index is 2.47. The maximum atomic E-state index is 5.16. The van der Waals surface area contributed by atoms with Crippen molar-refractivity contribution in [1.82, 2.24) is 9.78 Å². The molecule has 0 spiro atoms. The van der Waals surface area contributed by atoms with Crippen molar-refractivity contribution in [2.45, 2.75) is 0 Å². The lowest BCUT2D eigenvalue weighted by Gasteiger charge is -2.08. The molecule has 0 N–H and O–H groups in total. The van der Waals surface area contributed by atoms with Crippen LogP contribution in [0.2, 0.25) is 0 Å². The number of benzene rings is 1. The molecule has 1 radical (unpaired) electrons. The molecule has 0 aliphatic rings. The molecule has 0 fully saturated rings. The summed E-state index contributed by atoms with van der Waals surface area (Å²) in [6, 6.07) is 7.31. The molecule has 0 saturated heterocycles. The second-order valence-corrected chi connectivity index (χ2v) is 2.96. The van der Waals surface area contributed by atoms with Gasteiger partial charge in [0.05, 0.1) is 19.9 Å². The zero-order valence-electron chi connectivity index (χ0n) is 8.60. The van der Waals surface area contributed by atoms with Gasteiger partial charge in [0, 0.05) is 24.4 Å². The van der Waals surface area contributed by atoms with E-state index in [4.69, 9.17) is 9.47 Å². The van der Waals surface area contributed by atoms with Crippen LogP contribution in [0, 0.1) is 6.20 Å². The summed E-state index contributed by atoms with van der Waals surface area (Å²) in [6.07, 6.45) is 4.55. The maximum absolute atomic E-state index is 5.16. The summed E-state index contributed by atoms with van der Waals surface area (Å²) in [4.78, 5) is 0. The number of hydrogen-bond acceptors (Lipinski definition) is 3. The lowest BCUT2D eigenvalue weighted by molar-refractivity contribution is 0.394. The summed E-state index contributed by atoms with van der Waals surface area (Å²) in [5, 5.41) is 4.02. The number of methoxy groups -OCH3 is 2. The van der Waals surface area contributed by atoms with Gasteiger partial charge in [-0.05, 0) is 6.07 Å². The van der Waals surface area contributed by atoms with Crippen LogP contribution in [-0.4, -0.2) is 24.0 Å². The minimum Gasteiger partial charge on any atom is -0.497 e. The van der Waals surface area contributed by atoms with Crippen LogP contribution in [0.5, 0.6) is 11.5 Å². The third kappa shape index (κ3) is 1.93. The summed E-state index contributed by atoms with van der Waals surface area (Å²) in [6.45, 7) is 0. The van der Waals surface area contributed by atoms with Crippen LogP contribution in [0.25, 0.3) is 5.69 Å². The van der Waals surface area contributed by atoms with E-state index in [0.29, 0.717) is 0 Å². The lowest BCUT2D eigenvalue weighted by atomic mass is 10.3. The first kappa shape index (κ1) is 9.58. The number of rotatable bonds is 3. The normalized spacial score (nSPS) is 10.0. The van der Waals surface area contributed by atoms with Crippen molar-refractivity contribution in [3.05, 3.63) is 36.7 Å². The van der Waals surface area contributed by atoms with Gasteiger partial charge >= 0.3 is 0 Å². The maximum Gasteiger partial charge on any atom is 0.124 e. The third-order valence-electron chi connectivity index (χ3n) is 2.06. The van der Waals surface area contributed by atoms with Gasteiger partial charge in [-0.1, -0.05) is 0 Å². The van der Waals surface area contributed by atoms with Crippen LogP contribution in [0.4, 0.5) is 0 Å². The first-order chi connectivity index (χ1) is 7.33. The molecule has 0 unspecified atom stereocenters. The molecule has 4 heteroatoms. The molecule has 0 saturated carbocycles. The lowest BCUT2D eigenvalue weighted by Crippen LogP contribution is -1.96. The van der Waals surface area contributed by atoms with Gasteiger partial charge in [-0.3, -0.25) is 0 Å². The molecule has 0 aliphatic heterocycles. The molecule has 2 aromatic rings. The molecule has 2 rings (SSSR count). The van der Waals surface area contributed by atoms with Crippen molar-refractivity contribution in [2.24, 2.45) is 0 Å². The van der Waals surface area contributed by atoms with Gasteiger partial charge in [-0.25, -0.2) is 4.68 Å². The van der Waals surface area contributed by atoms with Gasteiger partial charge in [0.2, 0.25) is 0 Å². The van der Waals surface area contributed by atoms with Gasteiger partial charge in [0.25, 0.3) is 0 Å². The van der Waals surface area contributed by atoms with Gasteiger partial charge in [-0.2, -0.15) is 5.10 Å². The SMILES string of the molecule is COc1cc(OC)cc(-n2cc[c]n2)c1. The Morgan fingerprint density at radius 3 is 2.27 bits per heavy atom. The van der Waals surface area contributed by atoms with E-state index >= 15 is 0 Å². The zero-order chi connectivity index (χ0) is 10.7. The standard InChI is InChI=1S/C11H11N2O2/c1-14-10-6-9(7-11(8-10)15-2)13-5-3-4-12-13/h3,5-8H,1-2H3. The topological polar surface area (TPSA) is 36.3 Å². The van der Waals surface area contributed by atoms with Crippen LogP contribution >= 0.6 is 0 Å². The van der Waals surface area contributed by atoms with Crippen LogP contribution in [0.1, 0.15) is 0 Å². The van der Waals surface area contributed by atoms with Gasteiger partial charge < -0.3 is 9.47 Å². The fourth-order valence-electron chi connectivity index (χ4n) is 1.30. The summed E-state index contributed by atoms with van der Waals surface area (Å²) < 4.78 is 12.0. The molecule has 77 valence electrons. The van der Waals surface area contributed by atoms with Crippen molar-refractivity contribution >= 4 is 0 Å². The fraction of sp³-hybridized carbons (Fsp3) is 0.182. The Kier molecular flexibility index (Phi) is 2.58. The summed E-state index contributed by atoms with van der Waals surface area (Å²) >= 11 is 0. The molecule has 15 heavy (non-hydrogen) atoms. The van der Waals surface area contributed by atoms with Gasteiger partial charge in [0.15, 0.2) is 0 Å². The number of hydrogen-bond donors (Lipinski definition) is 0. The van der Waals surface area contributed by atoms with E-state index in [0.717, 1.165) is 17.2 Å². The van der Waals surface area contributed by atoms with Gasteiger partial charge in [0.1, 0.15) is 17.7 Å². The van der Waals surface area contributed by atoms with Crippen LogP contribution in [-0.2, 0) is 0 Å². The monoisotopic (exact) mass is 203 g/mol. The molecule has 1 aromatic heterocycles. The summed E-state index contributed by atoms with van der Waals surface area (Å²) in [7, 11) is 3.24. The Morgan fingerprint density at radius 1 is 1.13 bits per heavy atom. The highest BCUT2D eigenvalue weighted by Gasteiger charge is 2.03. The van der Waals surface area contributed by atoms with E-state index in [9.17, 15) is 0 Å². The molecule has 4 nitrogen and oxygen atoms in total. The molecule has 0 amide bonds. The molecule has 1 heterocycles. The minimum absolute atomic E-state index is 0.736. The van der Waals surface area contributed by atoms with Gasteiger partial charge in [-0.15, -0.1) is 0 Å². The van der Waals surface area contributed by atoms with Crippen molar-refractivity contribution in [3.8, 4) is 17.2 Å². The molecule has 1 aromatic carbocycles. The second-order valence-electron chi connectivity index (χ2n) is 2.96.